The topological polar surface area (TPSA) is 264 Å². The van der Waals surface area contributed by atoms with E-state index in [0.29, 0.717) is 4.90 Å². The van der Waals surface area contributed by atoms with Gasteiger partial charge in [0.25, 0.3) is 5.91 Å². The lowest BCUT2D eigenvalue weighted by Crippen LogP contribution is -2.83. The number of thioether (sulfide) groups is 1. The van der Waals surface area contributed by atoms with Crippen LogP contribution in [-0.4, -0.2) is 123 Å². The molecule has 7 amide bonds. The fourth-order valence-electron chi connectivity index (χ4n) is 5.47. The van der Waals surface area contributed by atoms with Gasteiger partial charge in [-0.05, 0) is 19.1 Å². The number of esters is 3. The van der Waals surface area contributed by atoms with Crippen molar-refractivity contribution in [2.75, 3.05) is 32.0 Å². The summed E-state index contributed by atoms with van der Waals surface area (Å²) in [6.45, 7) is 4.30. The molecule has 3 heterocycles. The summed E-state index contributed by atoms with van der Waals surface area (Å²) in [4.78, 5) is 127. The quantitative estimate of drug-likeness (QED) is 0.0657. The van der Waals surface area contributed by atoms with Crippen molar-refractivity contribution in [2.45, 2.75) is 44.8 Å². The number of hydrogen-bond donors (Lipinski definition) is 4. The molecule has 22 heteroatoms. The van der Waals surface area contributed by atoms with Crippen LogP contribution >= 0.6 is 27.7 Å². The van der Waals surface area contributed by atoms with Gasteiger partial charge in [-0.3, -0.25) is 48.2 Å². The summed E-state index contributed by atoms with van der Waals surface area (Å²) < 4.78 is 15.2. The number of carbonyl (C=O) groups excluding carboxylic acids is 9. The summed E-state index contributed by atoms with van der Waals surface area (Å²) >= 11 is 4.06. The van der Waals surface area contributed by atoms with E-state index in [2.05, 4.69) is 31.9 Å². The molecule has 1 aromatic carbocycles. The third-order valence-electron chi connectivity index (χ3n) is 7.77. The van der Waals surface area contributed by atoms with E-state index in [0.717, 1.165) is 49.6 Å². The standard InChI is InChI=1S/C30H31BrN6O14S/c1-5-35-6-7-36(27(45)26(35)44)29(48)33-21(17-8-19(50-14(3)40)20(9-18(17)31)51-15(4)41)24(42)34-23-25(43)37-22(28(46)47)16(10-49-13(2)39)11-52-30(23,37)32-12-38/h8-9,12,21,23H,5-7,10-11H2,1-4H3,(H,32,38)(H,33,48)(H,34,42)(H,46,47)/t21?,23-,30?/m1/s1. The van der Waals surface area contributed by atoms with Gasteiger partial charge < -0.3 is 40.2 Å². The van der Waals surface area contributed by atoms with Crippen LogP contribution in [0.3, 0.4) is 0 Å². The summed E-state index contributed by atoms with van der Waals surface area (Å²) in [5.74, 6) is -9.15. The van der Waals surface area contributed by atoms with Crippen molar-refractivity contribution in [1.82, 2.24) is 30.7 Å². The Morgan fingerprint density at radius 2 is 1.65 bits per heavy atom. The zero-order chi connectivity index (χ0) is 38.7. The average molecular weight is 812 g/mol. The Kier molecular flexibility index (Phi) is 11.9. The van der Waals surface area contributed by atoms with Gasteiger partial charge in [0.2, 0.25) is 12.3 Å². The zero-order valence-corrected chi connectivity index (χ0v) is 30.2. The number of piperazine rings is 1. The largest absolute Gasteiger partial charge is 0.477 e. The Hall–Kier alpha value is -5.51. The van der Waals surface area contributed by atoms with Crippen molar-refractivity contribution in [3.8, 4) is 11.5 Å². The van der Waals surface area contributed by atoms with Crippen LogP contribution in [0.25, 0.3) is 0 Å². The highest BCUT2D eigenvalue weighted by Crippen LogP contribution is 2.48. The number of nitrogens with zero attached hydrogens (tertiary/aromatic N) is 3. The van der Waals surface area contributed by atoms with Crippen LogP contribution in [0.2, 0.25) is 0 Å². The van der Waals surface area contributed by atoms with Crippen LogP contribution in [-0.2, 0) is 47.9 Å². The van der Waals surface area contributed by atoms with Gasteiger partial charge >= 0.3 is 41.7 Å². The highest BCUT2D eigenvalue weighted by Gasteiger charge is 2.66. The van der Waals surface area contributed by atoms with Crippen molar-refractivity contribution in [3.63, 3.8) is 0 Å². The van der Waals surface area contributed by atoms with E-state index in [1.54, 1.807) is 6.92 Å². The fourth-order valence-corrected chi connectivity index (χ4v) is 7.41. The molecule has 0 radical (unpaired) electrons. The molecule has 4 rings (SSSR count). The van der Waals surface area contributed by atoms with Crippen molar-refractivity contribution < 1.29 is 67.3 Å². The number of urea groups is 1. The summed E-state index contributed by atoms with van der Waals surface area (Å²) in [5.41, 5.74) is -0.744. The van der Waals surface area contributed by atoms with Gasteiger partial charge in [0.15, 0.2) is 22.5 Å². The monoisotopic (exact) mass is 810 g/mol. The molecule has 4 N–H and O–H groups in total. The normalized spacial score (nSPS) is 20.2. The molecule has 3 aliphatic rings. The first kappa shape index (κ1) is 39.3. The molecule has 278 valence electrons. The maximum Gasteiger partial charge on any atom is 0.352 e. The fraction of sp³-hybridized carbons (Fsp3) is 0.400. The van der Waals surface area contributed by atoms with Crippen LogP contribution in [0.5, 0.6) is 11.5 Å². The molecule has 3 atom stereocenters. The number of carbonyl (C=O) groups is 10. The highest BCUT2D eigenvalue weighted by molar-refractivity contribution is 9.10. The van der Waals surface area contributed by atoms with E-state index in [4.69, 9.17) is 14.2 Å². The number of carboxylic acid groups (broad SMARTS) is 1. The SMILES string of the molecule is CCN1CCN(C(=O)NC(C(=O)N[C@@H]2C(=O)N3C(C(=O)O)=C(COC(C)=O)CSC23NC=O)c2cc(OC(C)=O)c(OC(C)=O)cc2Br)C(=O)C1=O. The Balaban J connectivity index is 1.76. The molecule has 20 nitrogen and oxygen atoms in total. The minimum Gasteiger partial charge on any atom is -0.477 e. The van der Waals surface area contributed by atoms with E-state index >= 15 is 0 Å². The molecule has 1 aromatic rings. The maximum absolute atomic E-state index is 14.2. The third-order valence-corrected chi connectivity index (χ3v) is 9.92. The molecule has 3 aliphatic heterocycles. The van der Waals surface area contributed by atoms with Crippen LogP contribution in [0.1, 0.15) is 39.3 Å². The molecule has 0 aromatic heterocycles. The Morgan fingerprint density at radius 1 is 1.02 bits per heavy atom. The molecule has 2 unspecified atom stereocenters. The predicted molar refractivity (Wildman–Crippen MR) is 176 cm³/mol. The molecule has 0 aliphatic carbocycles. The van der Waals surface area contributed by atoms with Crippen molar-refractivity contribution >= 4 is 87.6 Å². The Bertz CT molecular complexity index is 1820. The lowest BCUT2D eigenvalue weighted by atomic mass is 9.96. The molecular weight excluding hydrogens is 780 g/mol. The molecule has 0 spiro atoms. The van der Waals surface area contributed by atoms with Gasteiger partial charge in [0.1, 0.15) is 18.3 Å². The Labute approximate surface area is 306 Å². The van der Waals surface area contributed by atoms with Gasteiger partial charge in [-0.2, -0.15) is 0 Å². The van der Waals surface area contributed by atoms with Crippen LogP contribution < -0.4 is 25.4 Å². The number of fused-ring (bicyclic) bond motifs is 1. The second-order valence-electron chi connectivity index (χ2n) is 11.1. The first-order chi connectivity index (χ1) is 24.5. The zero-order valence-electron chi connectivity index (χ0n) is 27.8. The first-order valence-corrected chi connectivity index (χ1v) is 16.9. The number of halogens is 1. The van der Waals surface area contributed by atoms with Gasteiger partial charge in [0, 0.05) is 61.8 Å². The average Bonchev–Trinajstić information content (AvgIpc) is 3.06. The second kappa shape index (κ2) is 15.8. The van der Waals surface area contributed by atoms with Crippen molar-refractivity contribution in [1.29, 1.82) is 0 Å². The van der Waals surface area contributed by atoms with Gasteiger partial charge in [-0.15, -0.1) is 11.8 Å². The smallest absolute Gasteiger partial charge is 0.352 e. The van der Waals surface area contributed by atoms with Crippen LogP contribution in [0, 0.1) is 0 Å². The number of hydrogen-bond acceptors (Lipinski definition) is 14. The van der Waals surface area contributed by atoms with Gasteiger partial charge in [-0.1, -0.05) is 15.9 Å². The molecular formula is C30H31BrN6O14S. The molecule has 0 saturated carbocycles. The number of β-lactam (4-membered cyclic amide) rings is 1. The number of likely N-dealkylation sites (N-methyl/N-ethyl adjacent to an activating group) is 1. The predicted octanol–water partition coefficient (Wildman–Crippen LogP) is -0.883. The highest BCUT2D eigenvalue weighted by atomic mass is 79.9. The van der Waals surface area contributed by atoms with Gasteiger partial charge in [0.05, 0.1) is 0 Å². The van der Waals surface area contributed by atoms with Crippen LogP contribution in [0.4, 0.5) is 4.79 Å². The van der Waals surface area contributed by atoms with E-state index in [-0.39, 0.29) is 58.9 Å². The van der Waals surface area contributed by atoms with Gasteiger partial charge in [-0.25, -0.2) is 9.59 Å². The lowest BCUT2D eigenvalue weighted by molar-refractivity contribution is -0.160. The lowest BCUT2D eigenvalue weighted by Gasteiger charge is -2.58. The van der Waals surface area contributed by atoms with E-state index in [1.807, 2.05) is 0 Å². The van der Waals surface area contributed by atoms with Crippen molar-refractivity contribution in [3.05, 3.63) is 33.4 Å². The summed E-state index contributed by atoms with van der Waals surface area (Å²) in [6.07, 6.45) is 0.176. The second-order valence-corrected chi connectivity index (χ2v) is 13.2. The van der Waals surface area contributed by atoms with Crippen molar-refractivity contribution in [2.24, 2.45) is 0 Å². The third kappa shape index (κ3) is 7.71. The minimum atomic E-state index is -1.91. The minimum absolute atomic E-state index is 0.00881. The van der Waals surface area contributed by atoms with Crippen LogP contribution in [0.15, 0.2) is 27.9 Å². The Morgan fingerprint density at radius 3 is 2.21 bits per heavy atom. The number of imide groups is 1. The maximum atomic E-state index is 14.2. The van der Waals surface area contributed by atoms with E-state index in [9.17, 15) is 53.1 Å². The summed E-state index contributed by atoms with van der Waals surface area (Å²) in [7, 11) is 0. The molecule has 2 saturated heterocycles. The molecule has 0 bridgehead atoms. The summed E-state index contributed by atoms with van der Waals surface area (Å²) in [5, 5.41) is 17.1. The van der Waals surface area contributed by atoms with E-state index < -0.39 is 82.9 Å². The number of ether oxygens (including phenoxy) is 3. The molecule has 2 fully saturated rings. The number of rotatable bonds is 12. The number of carboxylic acids is 1. The molecule has 52 heavy (non-hydrogen) atoms. The number of amides is 7. The number of aliphatic carboxylic acids is 1. The van der Waals surface area contributed by atoms with E-state index in [1.165, 1.54) is 4.90 Å². The first-order valence-electron chi connectivity index (χ1n) is 15.2. The summed E-state index contributed by atoms with van der Waals surface area (Å²) in [6, 6.07) is -2.53. The number of benzene rings is 1. The number of nitrogens with one attached hydrogen (secondary N) is 3.